The van der Waals surface area contributed by atoms with Crippen LogP contribution >= 0.6 is 11.3 Å². The van der Waals surface area contributed by atoms with Crippen molar-refractivity contribution in [3.05, 3.63) is 22.4 Å². The van der Waals surface area contributed by atoms with Crippen LogP contribution in [0.1, 0.15) is 55.1 Å². The maximum Gasteiger partial charge on any atom is 0.175 e. The van der Waals surface area contributed by atoms with Crippen molar-refractivity contribution in [1.29, 1.82) is 0 Å². The number of rotatable bonds is 4. The van der Waals surface area contributed by atoms with E-state index in [0.29, 0.717) is 5.78 Å². The molecule has 1 nitrogen and oxygen atoms in total. The molecule has 2 heteroatoms. The molecule has 0 N–H and O–H groups in total. The lowest BCUT2D eigenvalue weighted by Gasteiger charge is -2.23. The fourth-order valence-electron chi connectivity index (χ4n) is 2.69. The minimum Gasteiger partial charge on any atom is -0.293 e. The number of thiophene rings is 1. The molecule has 0 aromatic carbocycles. The predicted octanol–water partition coefficient (Wildman–Crippen LogP) is 4.54. The van der Waals surface area contributed by atoms with Gasteiger partial charge in [0, 0.05) is 5.92 Å². The van der Waals surface area contributed by atoms with E-state index in [1.807, 2.05) is 17.5 Å². The van der Waals surface area contributed by atoms with Gasteiger partial charge in [0.2, 0.25) is 0 Å². The highest BCUT2D eigenvalue weighted by molar-refractivity contribution is 7.12. The van der Waals surface area contributed by atoms with E-state index in [1.165, 1.54) is 32.1 Å². The number of hydrogen-bond acceptors (Lipinski definition) is 2. The third kappa shape index (κ3) is 2.94. The number of carbonyl (C=O) groups is 1. The van der Waals surface area contributed by atoms with Crippen molar-refractivity contribution >= 4 is 17.1 Å². The maximum absolute atomic E-state index is 12.1. The van der Waals surface area contributed by atoms with Crippen LogP contribution in [-0.2, 0) is 0 Å². The Morgan fingerprint density at radius 3 is 2.81 bits per heavy atom. The summed E-state index contributed by atoms with van der Waals surface area (Å²) < 4.78 is 0. The SMILES string of the molecule is C[C@H](CC1CCCCC1)C(=O)c1cccs1. The van der Waals surface area contributed by atoms with Gasteiger partial charge >= 0.3 is 0 Å². The Bertz CT molecular complexity index is 323. The summed E-state index contributed by atoms with van der Waals surface area (Å²) >= 11 is 1.57. The zero-order chi connectivity index (χ0) is 11.4. The monoisotopic (exact) mass is 236 g/mol. The Labute approximate surface area is 102 Å². The molecule has 0 amide bonds. The minimum atomic E-state index is 0.210. The zero-order valence-electron chi connectivity index (χ0n) is 9.95. The molecule has 1 aliphatic rings. The van der Waals surface area contributed by atoms with Gasteiger partial charge in [-0.15, -0.1) is 11.3 Å². The average molecular weight is 236 g/mol. The van der Waals surface area contributed by atoms with Gasteiger partial charge in [-0.3, -0.25) is 4.79 Å². The first-order valence-electron chi connectivity index (χ1n) is 6.35. The molecule has 2 rings (SSSR count). The normalized spacial score (nSPS) is 19.6. The van der Waals surface area contributed by atoms with E-state index in [1.54, 1.807) is 11.3 Å². The Balaban J connectivity index is 1.87. The molecule has 1 heterocycles. The highest BCUT2D eigenvalue weighted by Crippen LogP contribution is 2.30. The molecule has 1 aromatic rings. The van der Waals surface area contributed by atoms with Gasteiger partial charge in [-0.25, -0.2) is 0 Å². The zero-order valence-corrected chi connectivity index (χ0v) is 10.8. The van der Waals surface area contributed by atoms with Gasteiger partial charge in [-0.2, -0.15) is 0 Å². The number of carbonyl (C=O) groups excluding carboxylic acids is 1. The maximum atomic E-state index is 12.1. The fraction of sp³-hybridized carbons (Fsp3) is 0.643. The van der Waals surface area contributed by atoms with E-state index < -0.39 is 0 Å². The van der Waals surface area contributed by atoms with Gasteiger partial charge in [0.1, 0.15) is 0 Å². The number of Topliss-reactive ketones (excluding diaryl/α,β-unsaturated/α-hetero) is 1. The third-order valence-corrected chi connectivity index (χ3v) is 4.51. The molecule has 1 atom stereocenters. The molecule has 88 valence electrons. The molecule has 0 saturated heterocycles. The molecule has 16 heavy (non-hydrogen) atoms. The topological polar surface area (TPSA) is 17.1 Å². The summed E-state index contributed by atoms with van der Waals surface area (Å²) in [5, 5.41) is 1.99. The molecule has 0 spiro atoms. The summed E-state index contributed by atoms with van der Waals surface area (Å²) in [5.41, 5.74) is 0. The Morgan fingerprint density at radius 1 is 1.44 bits per heavy atom. The molecule has 0 aliphatic heterocycles. The Kier molecular flexibility index (Phi) is 4.16. The lowest BCUT2D eigenvalue weighted by Crippen LogP contribution is -2.16. The quantitative estimate of drug-likeness (QED) is 0.702. The van der Waals surface area contributed by atoms with Crippen LogP contribution in [0.5, 0.6) is 0 Å². The number of hydrogen-bond donors (Lipinski definition) is 0. The summed E-state index contributed by atoms with van der Waals surface area (Å²) in [7, 11) is 0. The summed E-state index contributed by atoms with van der Waals surface area (Å²) in [6.45, 7) is 2.09. The van der Waals surface area contributed by atoms with Gasteiger partial charge in [-0.05, 0) is 23.8 Å². The molecule has 1 aliphatic carbocycles. The lowest BCUT2D eigenvalue weighted by atomic mass is 9.82. The Hall–Kier alpha value is -0.630. The van der Waals surface area contributed by atoms with E-state index in [-0.39, 0.29) is 5.92 Å². The molecule has 1 fully saturated rings. The van der Waals surface area contributed by atoms with Crippen LogP contribution in [0.25, 0.3) is 0 Å². The van der Waals surface area contributed by atoms with Gasteiger partial charge in [0.25, 0.3) is 0 Å². The molecule has 0 bridgehead atoms. The summed E-state index contributed by atoms with van der Waals surface area (Å²) in [6, 6.07) is 3.91. The molecule has 0 radical (unpaired) electrons. The standard InChI is InChI=1S/C14H20OS/c1-11(10-12-6-3-2-4-7-12)14(15)13-8-5-9-16-13/h5,8-9,11-12H,2-4,6-7,10H2,1H3/t11-/m1/s1. The predicted molar refractivity (Wildman–Crippen MR) is 69.0 cm³/mol. The van der Waals surface area contributed by atoms with Crippen molar-refractivity contribution in [2.24, 2.45) is 11.8 Å². The summed E-state index contributed by atoms with van der Waals surface area (Å²) in [5.74, 6) is 1.36. The van der Waals surface area contributed by atoms with Crippen molar-refractivity contribution < 1.29 is 4.79 Å². The molecular formula is C14H20OS. The highest BCUT2D eigenvalue weighted by atomic mass is 32.1. The fourth-order valence-corrected chi connectivity index (χ4v) is 3.47. The third-order valence-electron chi connectivity index (χ3n) is 3.62. The van der Waals surface area contributed by atoms with Crippen LogP contribution in [0.4, 0.5) is 0 Å². The summed E-state index contributed by atoms with van der Waals surface area (Å²) in [6.07, 6.45) is 7.89. The van der Waals surface area contributed by atoms with Crippen LogP contribution in [-0.4, -0.2) is 5.78 Å². The van der Waals surface area contributed by atoms with E-state index >= 15 is 0 Å². The van der Waals surface area contributed by atoms with Crippen molar-refractivity contribution in [3.63, 3.8) is 0 Å². The van der Waals surface area contributed by atoms with Crippen LogP contribution in [0.2, 0.25) is 0 Å². The van der Waals surface area contributed by atoms with Crippen LogP contribution in [0.3, 0.4) is 0 Å². The van der Waals surface area contributed by atoms with E-state index in [2.05, 4.69) is 6.92 Å². The second-order valence-electron chi connectivity index (χ2n) is 4.98. The average Bonchev–Trinajstić information content (AvgIpc) is 2.83. The minimum absolute atomic E-state index is 0.210. The van der Waals surface area contributed by atoms with Gasteiger partial charge in [0.05, 0.1) is 4.88 Å². The highest BCUT2D eigenvalue weighted by Gasteiger charge is 2.21. The van der Waals surface area contributed by atoms with Crippen LogP contribution in [0, 0.1) is 11.8 Å². The Morgan fingerprint density at radius 2 is 2.19 bits per heavy atom. The van der Waals surface area contributed by atoms with Crippen LogP contribution < -0.4 is 0 Å². The van der Waals surface area contributed by atoms with Crippen molar-refractivity contribution in [3.8, 4) is 0 Å². The number of ketones is 1. The first kappa shape index (κ1) is 11.8. The molecule has 1 saturated carbocycles. The smallest absolute Gasteiger partial charge is 0.175 e. The second-order valence-corrected chi connectivity index (χ2v) is 5.93. The van der Waals surface area contributed by atoms with E-state index in [4.69, 9.17) is 0 Å². The van der Waals surface area contributed by atoms with Gasteiger partial charge < -0.3 is 0 Å². The van der Waals surface area contributed by atoms with Crippen molar-refractivity contribution in [1.82, 2.24) is 0 Å². The van der Waals surface area contributed by atoms with Gasteiger partial charge in [0.15, 0.2) is 5.78 Å². The van der Waals surface area contributed by atoms with Crippen LogP contribution in [0.15, 0.2) is 17.5 Å². The van der Waals surface area contributed by atoms with E-state index in [9.17, 15) is 4.79 Å². The first-order valence-corrected chi connectivity index (χ1v) is 7.23. The van der Waals surface area contributed by atoms with Crippen molar-refractivity contribution in [2.45, 2.75) is 45.4 Å². The first-order chi connectivity index (χ1) is 7.77. The summed E-state index contributed by atoms with van der Waals surface area (Å²) in [4.78, 5) is 13.0. The van der Waals surface area contributed by atoms with E-state index in [0.717, 1.165) is 17.2 Å². The molecule has 1 aromatic heterocycles. The van der Waals surface area contributed by atoms with Gasteiger partial charge in [-0.1, -0.05) is 45.1 Å². The lowest BCUT2D eigenvalue weighted by molar-refractivity contribution is 0.0909. The largest absolute Gasteiger partial charge is 0.293 e. The molecule has 0 unspecified atom stereocenters. The second kappa shape index (κ2) is 5.62. The van der Waals surface area contributed by atoms with Crippen molar-refractivity contribution in [2.75, 3.05) is 0 Å². The molecular weight excluding hydrogens is 216 g/mol.